The molecule has 0 fully saturated rings. The van der Waals surface area contributed by atoms with E-state index in [9.17, 15) is 27.2 Å². The molecule has 3 aromatic heterocycles. The van der Waals surface area contributed by atoms with Gasteiger partial charge in [-0.05, 0) is 116 Å². The zero-order chi connectivity index (χ0) is 61.3. The molecule has 3 aliphatic rings. The first-order valence-electron chi connectivity index (χ1n) is 30.9. The molecule has 0 spiro atoms. The summed E-state index contributed by atoms with van der Waals surface area (Å²) in [5, 5.41) is 10.5. The molecule has 6 nitrogen and oxygen atoms in total. The van der Waals surface area contributed by atoms with Gasteiger partial charge >= 0.3 is 0 Å². The molecule has 13 rings (SSSR count). The maximum absolute atomic E-state index is 11.4. The van der Waals surface area contributed by atoms with Crippen LogP contribution >= 0.6 is 0 Å². The Kier molecular flexibility index (Phi) is 4.24. The van der Waals surface area contributed by atoms with E-state index >= 15 is 0 Å². The third kappa shape index (κ3) is 4.86. The second kappa shape index (κ2) is 12.1. The van der Waals surface area contributed by atoms with Gasteiger partial charge in [-0.25, -0.2) is 0 Å². The average Bonchev–Trinajstić information content (AvgIpc) is 1.26. The minimum atomic E-state index is -1.67. The molecule has 3 aliphatic heterocycles. The van der Waals surface area contributed by atoms with Crippen LogP contribution < -0.4 is 26.4 Å². The lowest BCUT2D eigenvalue weighted by atomic mass is 9.35. The summed E-state index contributed by atoms with van der Waals surface area (Å²) in [6.45, 7) is 14.1. The second-order valence-electron chi connectivity index (χ2n) is 19.7. The Balaban J connectivity index is 1.33. The van der Waals surface area contributed by atoms with Crippen LogP contribution in [0.4, 0.5) is 34.1 Å². The molecule has 0 aliphatic carbocycles. The van der Waals surface area contributed by atoms with Gasteiger partial charge in [-0.1, -0.05) is 105 Å². The number of hydrogen-bond acceptors (Lipinski definition) is 5. The number of anilines is 6. The lowest BCUT2D eigenvalue weighted by Crippen LogP contribution is -2.61. The highest BCUT2D eigenvalue weighted by atomic mass is 16.3. The topological polar surface area (TPSA) is 61.5 Å². The molecule has 0 saturated heterocycles. The van der Waals surface area contributed by atoms with Crippen LogP contribution in [0.2, 0.25) is 0 Å². The molecule has 0 saturated carbocycles. The summed E-state index contributed by atoms with van der Waals surface area (Å²) in [7, 11) is 0. The van der Waals surface area contributed by atoms with Gasteiger partial charge in [-0.15, -0.1) is 0 Å². The number of benzene rings is 7. The molecule has 0 amide bonds. The minimum absolute atomic E-state index is 0.0119. The molecule has 10 aromatic rings. The summed E-state index contributed by atoms with van der Waals surface area (Å²) in [5.74, 6) is 0. The molecule has 7 aromatic carbocycles. The van der Waals surface area contributed by atoms with Crippen molar-refractivity contribution < 1.29 is 36.2 Å². The molecule has 310 valence electrons. The summed E-state index contributed by atoms with van der Waals surface area (Å²) in [6.07, 6.45) is 0. The van der Waals surface area contributed by atoms with Crippen molar-refractivity contribution in [2.24, 2.45) is 0 Å². The highest BCUT2D eigenvalue weighted by Crippen LogP contribution is 2.54. The first kappa shape index (κ1) is 22.5. The molecular weight excluding hydrogens is 783 g/mol. The van der Waals surface area contributed by atoms with Crippen LogP contribution in [0.15, 0.2) is 130 Å². The molecule has 0 N–H and O–H groups in total. The monoisotopic (exact) mass is 851 g/mol. The SMILES string of the molecule is [2H]c1c([2H])c2c3c(c1[2H])-n1c4c([2H])c([2H])c(C(C)(C)C)c([2H])c4c4c([2H])c(C(C)(C)C)c([2H])c(c41)N3c1c([2H])c(C#N)c([2H])c3c1B2c1oc2c([2H])c([2H])c(C(C)(C)C)c([2H])c2c1N3c1c([2H])c([2H])c2c(oc3c([2H])c([2H])c([2H])c([2H])c32)c1[2H]. The molecule has 64 heavy (non-hydrogen) atoms. The molecule has 6 heterocycles. The van der Waals surface area contributed by atoms with Crippen LogP contribution in [0, 0.1) is 11.3 Å². The van der Waals surface area contributed by atoms with Crippen molar-refractivity contribution in [3.63, 3.8) is 0 Å². The highest BCUT2D eigenvalue weighted by molar-refractivity contribution is 7.00. The zero-order valence-electron chi connectivity index (χ0n) is 56.2. The Labute approximate surface area is 401 Å². The maximum atomic E-state index is 11.4. The Hall–Kier alpha value is -7.17. The molecule has 0 unspecified atom stereocenters. The van der Waals surface area contributed by atoms with Crippen molar-refractivity contribution in [2.75, 3.05) is 9.80 Å². The third-order valence-corrected chi connectivity index (χ3v) is 12.4. The van der Waals surface area contributed by atoms with Gasteiger partial charge in [-0.3, -0.25) is 0 Å². The van der Waals surface area contributed by atoms with Crippen molar-refractivity contribution >= 4 is 112 Å². The summed E-state index contributed by atoms with van der Waals surface area (Å²) in [5.41, 5.74) is -7.74. The Morgan fingerprint density at radius 2 is 1.20 bits per heavy atom. The molecule has 0 radical (unpaired) electrons. The minimum Gasteiger partial charge on any atom is -0.468 e. The van der Waals surface area contributed by atoms with Gasteiger partial charge in [0.05, 0.1) is 78.5 Å². The largest absolute Gasteiger partial charge is 0.468 e. The van der Waals surface area contributed by atoms with Gasteiger partial charge in [0, 0.05) is 50.0 Å². The van der Waals surface area contributed by atoms with E-state index in [2.05, 4.69) is 0 Å². The Morgan fingerprint density at radius 3 is 1.95 bits per heavy atom. The van der Waals surface area contributed by atoms with Crippen molar-refractivity contribution in [3.8, 4) is 11.8 Å². The highest BCUT2D eigenvalue weighted by Gasteiger charge is 2.49. The normalized spacial score (nSPS) is 18.6. The van der Waals surface area contributed by atoms with Crippen molar-refractivity contribution in [1.82, 2.24) is 4.57 Å². The van der Waals surface area contributed by atoms with Crippen molar-refractivity contribution in [1.29, 1.82) is 5.26 Å². The fourth-order valence-electron chi connectivity index (χ4n) is 9.29. The standard InChI is InChI=1S/C57H47BN4O2/c1-55(2,3)32-17-21-42-38(25-32)39-27-34(57(7,8)9)28-46-51(39)61(42)43-15-12-14-41-53(43)62(46)45-24-31(30-59)23-44-50(45)58(41)54-52(40-26-33(56(4,5)6)18-22-48(40)64-54)60(44)35-19-20-37-36-13-10-11-16-47(36)63-49(37)29-35/h10-29H,1-9H3/i10D,11D,12D,13D,14D,15D,16D,17D,18D,19D,20D,21D,22D,23D,24D,25D,26D,27D,28D,29D. The van der Waals surface area contributed by atoms with Crippen molar-refractivity contribution in [3.05, 3.63) is 143 Å². The number of furan rings is 2. The van der Waals surface area contributed by atoms with Gasteiger partial charge in [0.25, 0.3) is 6.71 Å². The van der Waals surface area contributed by atoms with E-state index in [1.54, 1.807) is 62.3 Å². The van der Waals surface area contributed by atoms with E-state index < -0.39 is 153 Å². The van der Waals surface area contributed by atoms with Crippen molar-refractivity contribution in [2.45, 2.75) is 78.6 Å². The van der Waals surface area contributed by atoms with E-state index in [1.807, 2.05) is 6.07 Å². The van der Waals surface area contributed by atoms with Crippen LogP contribution in [0.3, 0.4) is 0 Å². The predicted octanol–water partition coefficient (Wildman–Crippen LogP) is 13.6. The van der Waals surface area contributed by atoms with Gasteiger partial charge < -0.3 is 23.2 Å². The van der Waals surface area contributed by atoms with Gasteiger partial charge in [0.1, 0.15) is 16.7 Å². The number of hydrogen-bond donors (Lipinski definition) is 0. The van der Waals surface area contributed by atoms with E-state index in [1.165, 1.54) is 9.47 Å². The number of aromatic nitrogens is 1. The first-order valence-corrected chi connectivity index (χ1v) is 20.9. The second-order valence-corrected chi connectivity index (χ2v) is 19.7. The van der Waals surface area contributed by atoms with E-state index in [4.69, 9.17) is 14.3 Å². The number of fused-ring (bicyclic) bond motifs is 14. The van der Waals surface area contributed by atoms with Crippen LogP contribution in [0.5, 0.6) is 0 Å². The van der Waals surface area contributed by atoms with Crippen LogP contribution in [-0.4, -0.2) is 11.3 Å². The third-order valence-electron chi connectivity index (χ3n) is 12.4. The number of nitrogens with zero attached hydrogens (tertiary/aromatic N) is 4. The molecule has 7 heteroatoms. The van der Waals surface area contributed by atoms with Gasteiger partial charge in [0.15, 0.2) is 0 Å². The number of nitriles is 1. The summed E-state index contributed by atoms with van der Waals surface area (Å²) < 4.78 is 208. The number of para-hydroxylation sites is 2. The Morgan fingerprint density at radius 1 is 0.531 bits per heavy atom. The summed E-state index contributed by atoms with van der Waals surface area (Å²) in [6, 6.07) is -9.19. The summed E-state index contributed by atoms with van der Waals surface area (Å²) >= 11 is 0. The fraction of sp³-hybridized carbons (Fsp3) is 0.211. The Bertz CT molecular complexity index is 4960. The quantitative estimate of drug-likeness (QED) is 0.154. The predicted molar refractivity (Wildman–Crippen MR) is 266 cm³/mol. The lowest BCUT2D eigenvalue weighted by molar-refractivity contribution is 0.590. The molecule has 0 atom stereocenters. The van der Waals surface area contributed by atoms with Gasteiger partial charge in [0.2, 0.25) is 0 Å². The number of rotatable bonds is 1. The average molecular weight is 851 g/mol. The first-order chi connectivity index (χ1) is 39.0. The summed E-state index contributed by atoms with van der Waals surface area (Å²) in [4.78, 5) is 2.47. The van der Waals surface area contributed by atoms with Crippen LogP contribution in [0.1, 0.15) is 112 Å². The maximum Gasteiger partial charge on any atom is 0.297 e. The molecule has 0 bridgehead atoms. The van der Waals surface area contributed by atoms with Crippen LogP contribution in [-0.2, 0) is 16.2 Å². The van der Waals surface area contributed by atoms with E-state index in [-0.39, 0.29) is 124 Å². The van der Waals surface area contributed by atoms with Gasteiger partial charge in [-0.2, -0.15) is 5.26 Å². The smallest absolute Gasteiger partial charge is 0.297 e. The lowest BCUT2D eigenvalue weighted by Gasteiger charge is -2.45. The fourth-order valence-corrected chi connectivity index (χ4v) is 9.29. The zero-order valence-corrected chi connectivity index (χ0v) is 36.2. The van der Waals surface area contributed by atoms with E-state index in [0.717, 1.165) is 4.90 Å². The van der Waals surface area contributed by atoms with Crippen LogP contribution in [0.25, 0.3) is 60.4 Å². The molecular formula is C57H47BN4O2. The van der Waals surface area contributed by atoms with E-state index in [0.29, 0.717) is 0 Å².